The van der Waals surface area contributed by atoms with Crippen LogP contribution in [0.15, 0.2) is 24.3 Å². The van der Waals surface area contributed by atoms with Gasteiger partial charge in [-0.25, -0.2) is 0 Å². The lowest BCUT2D eigenvalue weighted by Crippen LogP contribution is -2.60. The molecule has 8 nitrogen and oxygen atoms in total. The van der Waals surface area contributed by atoms with E-state index in [4.69, 9.17) is 14.6 Å². The van der Waals surface area contributed by atoms with Crippen molar-refractivity contribution in [1.82, 2.24) is 0 Å². The van der Waals surface area contributed by atoms with E-state index < -0.39 is 49.5 Å². The molecule has 0 aromatic rings. The minimum Gasteiger partial charge on any atom is -0.396 e. The molecule has 0 bridgehead atoms. The Kier molecular flexibility index (Phi) is 11.7. The van der Waals surface area contributed by atoms with Gasteiger partial charge in [-0.05, 0) is 37.7 Å². The molecule has 156 valence electrons. The van der Waals surface area contributed by atoms with Crippen molar-refractivity contribution in [3.63, 3.8) is 0 Å². The van der Waals surface area contributed by atoms with Crippen LogP contribution in [0.1, 0.15) is 19.8 Å². The van der Waals surface area contributed by atoms with Crippen molar-refractivity contribution in [2.24, 2.45) is 0 Å². The molecule has 0 aromatic carbocycles. The van der Waals surface area contributed by atoms with Crippen LogP contribution < -0.4 is 0 Å². The summed E-state index contributed by atoms with van der Waals surface area (Å²) >= 11 is 0. The summed E-state index contributed by atoms with van der Waals surface area (Å²) in [7, 11) is 0. The molecule has 1 fully saturated rings. The SMILES string of the molecule is C/C=C/C#CC#C[C@@H](O[C@@H]1O[C@H](CO)[C@@H](O)[C@H](O)[C@H]1O)[C@H](O)/C=C\CCCO. The second-order valence-electron chi connectivity index (χ2n) is 6.08. The van der Waals surface area contributed by atoms with E-state index in [9.17, 15) is 25.5 Å². The maximum atomic E-state index is 10.3. The molecule has 0 saturated carbocycles. The van der Waals surface area contributed by atoms with Crippen molar-refractivity contribution in [3.05, 3.63) is 24.3 Å². The molecule has 1 heterocycles. The van der Waals surface area contributed by atoms with Crippen LogP contribution in [0.3, 0.4) is 0 Å². The number of rotatable bonds is 8. The Labute approximate surface area is 164 Å². The van der Waals surface area contributed by atoms with Gasteiger partial charge in [-0.15, -0.1) is 0 Å². The van der Waals surface area contributed by atoms with E-state index in [0.29, 0.717) is 12.8 Å². The highest BCUT2D eigenvalue weighted by atomic mass is 16.7. The first kappa shape index (κ1) is 24.3. The number of unbranched alkanes of at least 4 members (excludes halogenated alkanes) is 1. The lowest BCUT2D eigenvalue weighted by molar-refractivity contribution is -0.310. The normalized spacial score (nSPS) is 29.8. The molecule has 1 aliphatic rings. The summed E-state index contributed by atoms with van der Waals surface area (Å²) < 4.78 is 10.8. The van der Waals surface area contributed by atoms with Gasteiger partial charge in [-0.3, -0.25) is 0 Å². The zero-order chi connectivity index (χ0) is 20.9. The van der Waals surface area contributed by atoms with E-state index in [-0.39, 0.29) is 6.61 Å². The van der Waals surface area contributed by atoms with E-state index in [0.717, 1.165) is 0 Å². The van der Waals surface area contributed by atoms with Crippen LogP contribution in [-0.4, -0.2) is 86.8 Å². The predicted octanol–water partition coefficient (Wildman–Crippen LogP) is -1.56. The van der Waals surface area contributed by atoms with Gasteiger partial charge < -0.3 is 40.1 Å². The lowest BCUT2D eigenvalue weighted by Gasteiger charge is -2.40. The molecule has 6 N–H and O–H groups in total. The summed E-state index contributed by atoms with van der Waals surface area (Å²) in [5.74, 6) is 10.4. The van der Waals surface area contributed by atoms with Gasteiger partial charge in [0, 0.05) is 6.61 Å². The molecule has 0 radical (unpaired) electrons. The molecule has 7 atom stereocenters. The van der Waals surface area contributed by atoms with Crippen LogP contribution in [0.2, 0.25) is 0 Å². The average molecular weight is 396 g/mol. The second kappa shape index (κ2) is 13.5. The minimum absolute atomic E-state index is 0.0194. The summed E-state index contributed by atoms with van der Waals surface area (Å²) in [5.41, 5.74) is 0. The van der Waals surface area contributed by atoms with Crippen LogP contribution >= 0.6 is 0 Å². The third-order valence-electron chi connectivity index (χ3n) is 3.90. The summed E-state index contributed by atoms with van der Waals surface area (Å²) in [4.78, 5) is 0. The zero-order valence-electron chi connectivity index (χ0n) is 15.7. The summed E-state index contributed by atoms with van der Waals surface area (Å²) in [6.07, 6.45) is -2.19. The van der Waals surface area contributed by atoms with Crippen LogP contribution in [-0.2, 0) is 9.47 Å². The fourth-order valence-electron chi connectivity index (χ4n) is 2.34. The largest absolute Gasteiger partial charge is 0.396 e. The van der Waals surface area contributed by atoms with Gasteiger partial charge >= 0.3 is 0 Å². The smallest absolute Gasteiger partial charge is 0.188 e. The number of aliphatic hydroxyl groups excluding tert-OH is 6. The van der Waals surface area contributed by atoms with E-state index in [1.807, 2.05) is 0 Å². The van der Waals surface area contributed by atoms with Gasteiger partial charge in [0.05, 0.1) is 6.61 Å². The van der Waals surface area contributed by atoms with Crippen molar-refractivity contribution in [2.75, 3.05) is 13.2 Å². The molecule has 0 spiro atoms. The first-order chi connectivity index (χ1) is 13.5. The molecule has 0 unspecified atom stereocenters. The third kappa shape index (κ3) is 7.72. The molecular weight excluding hydrogens is 368 g/mol. The summed E-state index contributed by atoms with van der Waals surface area (Å²) in [6, 6.07) is 0. The second-order valence-corrected chi connectivity index (χ2v) is 6.08. The molecule has 8 heteroatoms. The molecular formula is C20H28O8. The van der Waals surface area contributed by atoms with E-state index in [1.165, 1.54) is 6.08 Å². The Morgan fingerprint density at radius 1 is 1.11 bits per heavy atom. The van der Waals surface area contributed by atoms with Crippen molar-refractivity contribution in [3.8, 4) is 23.7 Å². The molecule has 1 aliphatic heterocycles. The fraction of sp³-hybridized carbons (Fsp3) is 0.600. The molecule has 0 aliphatic carbocycles. The van der Waals surface area contributed by atoms with E-state index in [2.05, 4.69) is 23.7 Å². The minimum atomic E-state index is -1.61. The van der Waals surface area contributed by atoms with Crippen molar-refractivity contribution in [1.29, 1.82) is 0 Å². The quantitative estimate of drug-likeness (QED) is 0.165. The highest BCUT2D eigenvalue weighted by molar-refractivity contribution is 5.32. The Bertz CT molecular complexity index is 622. The maximum Gasteiger partial charge on any atom is 0.188 e. The molecule has 0 aromatic heterocycles. The Hall–Kier alpha value is -1.72. The van der Waals surface area contributed by atoms with Crippen LogP contribution in [0.25, 0.3) is 0 Å². The number of allylic oxidation sites excluding steroid dienone is 3. The lowest BCUT2D eigenvalue weighted by atomic mass is 9.99. The first-order valence-corrected chi connectivity index (χ1v) is 9.00. The average Bonchev–Trinajstić information content (AvgIpc) is 2.70. The van der Waals surface area contributed by atoms with Crippen LogP contribution in [0.5, 0.6) is 0 Å². The topological polar surface area (TPSA) is 140 Å². The monoisotopic (exact) mass is 396 g/mol. The third-order valence-corrected chi connectivity index (χ3v) is 3.90. The fourth-order valence-corrected chi connectivity index (χ4v) is 2.34. The number of ether oxygens (including phenoxy) is 2. The van der Waals surface area contributed by atoms with Gasteiger partial charge in [0.1, 0.15) is 30.5 Å². The predicted molar refractivity (Wildman–Crippen MR) is 100 cm³/mol. The molecule has 1 saturated heterocycles. The number of hydrogen-bond acceptors (Lipinski definition) is 8. The highest BCUT2D eigenvalue weighted by Crippen LogP contribution is 2.23. The first-order valence-electron chi connectivity index (χ1n) is 9.00. The maximum absolute atomic E-state index is 10.3. The summed E-state index contributed by atoms with van der Waals surface area (Å²) in [6.45, 7) is 1.22. The van der Waals surface area contributed by atoms with Crippen molar-refractivity contribution >= 4 is 0 Å². The van der Waals surface area contributed by atoms with Gasteiger partial charge in [-0.2, -0.15) is 0 Å². The summed E-state index contributed by atoms with van der Waals surface area (Å²) in [5, 5.41) is 58.1. The zero-order valence-corrected chi connectivity index (χ0v) is 15.7. The van der Waals surface area contributed by atoms with Crippen LogP contribution in [0.4, 0.5) is 0 Å². The Balaban J connectivity index is 2.94. The van der Waals surface area contributed by atoms with Gasteiger partial charge in [0.15, 0.2) is 12.4 Å². The standard InChI is InChI=1S/C20H28O8/c1-2-3-4-5-8-11-15(14(23)10-7-6-9-12-21)27-20-19(26)18(25)17(24)16(13-22)28-20/h2-3,7,10,14-26H,6,9,12-13H2,1H3/b3-2+,10-7-/t14-,15-,16-,17-,18+,19-,20-/m1/s1. The molecule has 1 rings (SSSR count). The van der Waals surface area contributed by atoms with Gasteiger partial charge in [0.2, 0.25) is 0 Å². The van der Waals surface area contributed by atoms with E-state index >= 15 is 0 Å². The number of hydrogen-bond donors (Lipinski definition) is 6. The van der Waals surface area contributed by atoms with Crippen molar-refractivity contribution in [2.45, 2.75) is 62.7 Å². The number of aliphatic hydroxyl groups is 6. The van der Waals surface area contributed by atoms with Gasteiger partial charge in [0.25, 0.3) is 0 Å². The molecule has 0 amide bonds. The van der Waals surface area contributed by atoms with Crippen molar-refractivity contribution < 1.29 is 40.1 Å². The van der Waals surface area contributed by atoms with Gasteiger partial charge in [-0.1, -0.05) is 30.1 Å². The Morgan fingerprint density at radius 3 is 2.50 bits per heavy atom. The Morgan fingerprint density at radius 2 is 1.86 bits per heavy atom. The molecule has 28 heavy (non-hydrogen) atoms. The van der Waals surface area contributed by atoms with E-state index in [1.54, 1.807) is 25.2 Å². The highest BCUT2D eigenvalue weighted by Gasteiger charge is 2.45. The van der Waals surface area contributed by atoms with Crippen LogP contribution in [0, 0.1) is 23.7 Å².